The molecule has 0 aliphatic rings. The van der Waals surface area contributed by atoms with Crippen molar-refractivity contribution in [2.24, 2.45) is 5.10 Å². The van der Waals surface area contributed by atoms with E-state index in [0.29, 0.717) is 0 Å². The number of nitrogens with zero attached hydrogens (tertiary/aromatic N) is 3. The Labute approximate surface area is 131 Å². The first-order chi connectivity index (χ1) is 11.0. The van der Waals surface area contributed by atoms with Crippen LogP contribution in [-0.2, 0) is 6.42 Å². The summed E-state index contributed by atoms with van der Waals surface area (Å²) in [6, 6.07) is 6.62. The number of amides is 1. The SMILES string of the molecule is CCc1ccc(C(=O)N/N=C\c2cc([N+](=O)[O-])ccc2[O-])nc1. The monoisotopic (exact) mass is 313 g/mol. The largest absolute Gasteiger partial charge is 0.872 e. The lowest BCUT2D eigenvalue weighted by Crippen LogP contribution is -2.19. The Hall–Kier alpha value is -3.29. The second kappa shape index (κ2) is 7.12. The number of hydrazone groups is 1. The van der Waals surface area contributed by atoms with E-state index in [1.54, 1.807) is 18.3 Å². The number of nitro groups is 1. The molecule has 0 bridgehead atoms. The zero-order valence-electron chi connectivity index (χ0n) is 12.2. The van der Waals surface area contributed by atoms with Crippen LogP contribution in [0.25, 0.3) is 0 Å². The van der Waals surface area contributed by atoms with Crippen LogP contribution in [0.2, 0.25) is 0 Å². The lowest BCUT2D eigenvalue weighted by Gasteiger charge is -2.08. The molecule has 8 heteroatoms. The van der Waals surface area contributed by atoms with Crippen molar-refractivity contribution < 1.29 is 14.8 Å². The number of rotatable bonds is 5. The molecular formula is C15H13N4O4-. The third kappa shape index (κ3) is 4.10. The van der Waals surface area contributed by atoms with E-state index in [1.807, 2.05) is 6.92 Å². The van der Waals surface area contributed by atoms with Gasteiger partial charge in [-0.1, -0.05) is 24.8 Å². The van der Waals surface area contributed by atoms with Gasteiger partial charge in [0.2, 0.25) is 0 Å². The number of non-ortho nitro benzene ring substituents is 1. The number of carbonyl (C=O) groups is 1. The maximum absolute atomic E-state index is 11.8. The molecule has 0 saturated heterocycles. The molecule has 1 aromatic carbocycles. The van der Waals surface area contributed by atoms with E-state index in [1.165, 1.54) is 0 Å². The minimum absolute atomic E-state index is 0.00814. The number of hydrogen-bond acceptors (Lipinski definition) is 6. The van der Waals surface area contributed by atoms with Gasteiger partial charge in [0, 0.05) is 18.3 Å². The normalized spacial score (nSPS) is 10.7. The summed E-state index contributed by atoms with van der Waals surface area (Å²) < 4.78 is 0. The van der Waals surface area contributed by atoms with Gasteiger partial charge in [-0.3, -0.25) is 19.9 Å². The quantitative estimate of drug-likeness (QED) is 0.508. The first-order valence-corrected chi connectivity index (χ1v) is 6.75. The Morgan fingerprint density at radius 3 is 2.78 bits per heavy atom. The van der Waals surface area contributed by atoms with Crippen molar-refractivity contribution in [1.29, 1.82) is 0 Å². The van der Waals surface area contributed by atoms with Gasteiger partial charge in [-0.25, -0.2) is 5.43 Å². The lowest BCUT2D eigenvalue weighted by molar-refractivity contribution is -0.385. The first-order valence-electron chi connectivity index (χ1n) is 6.75. The zero-order chi connectivity index (χ0) is 16.8. The van der Waals surface area contributed by atoms with E-state index in [0.717, 1.165) is 36.4 Å². The Bertz CT molecular complexity index is 757. The highest BCUT2D eigenvalue weighted by Gasteiger charge is 2.07. The Morgan fingerprint density at radius 1 is 1.39 bits per heavy atom. The van der Waals surface area contributed by atoms with Gasteiger partial charge in [0.05, 0.1) is 11.1 Å². The molecule has 1 N–H and O–H groups in total. The number of nitro benzene ring substituents is 1. The molecule has 0 fully saturated rings. The maximum Gasteiger partial charge on any atom is 0.289 e. The highest BCUT2D eigenvalue weighted by atomic mass is 16.6. The zero-order valence-corrected chi connectivity index (χ0v) is 12.2. The molecule has 2 rings (SSSR count). The molecule has 8 nitrogen and oxygen atoms in total. The van der Waals surface area contributed by atoms with Gasteiger partial charge < -0.3 is 5.11 Å². The average molecular weight is 313 g/mol. The molecule has 1 amide bonds. The van der Waals surface area contributed by atoms with Gasteiger partial charge in [-0.2, -0.15) is 5.10 Å². The smallest absolute Gasteiger partial charge is 0.289 e. The standard InChI is InChI=1S/C15H14N4O4/c1-2-10-3-5-13(16-8-10)15(21)18-17-9-11-7-12(19(22)23)4-6-14(11)20/h3-9,20H,2H2,1H3,(H,18,21)/p-1/b17-9-. The summed E-state index contributed by atoms with van der Waals surface area (Å²) >= 11 is 0. The van der Waals surface area contributed by atoms with E-state index < -0.39 is 16.6 Å². The van der Waals surface area contributed by atoms with E-state index in [9.17, 15) is 20.0 Å². The number of aromatic nitrogens is 1. The van der Waals surface area contributed by atoms with Crippen LogP contribution >= 0.6 is 0 Å². The van der Waals surface area contributed by atoms with Crippen molar-refractivity contribution in [1.82, 2.24) is 10.4 Å². The Morgan fingerprint density at radius 2 is 2.17 bits per heavy atom. The molecule has 23 heavy (non-hydrogen) atoms. The fraction of sp³-hybridized carbons (Fsp3) is 0.133. The van der Waals surface area contributed by atoms with Crippen molar-refractivity contribution >= 4 is 17.8 Å². The van der Waals surface area contributed by atoms with E-state index >= 15 is 0 Å². The highest BCUT2D eigenvalue weighted by Crippen LogP contribution is 2.18. The molecule has 0 unspecified atom stereocenters. The predicted octanol–water partition coefficient (Wildman–Crippen LogP) is 1.39. The first kappa shape index (κ1) is 16.1. The molecule has 1 heterocycles. The van der Waals surface area contributed by atoms with Crippen LogP contribution in [0.1, 0.15) is 28.5 Å². The average Bonchev–Trinajstić information content (AvgIpc) is 2.56. The van der Waals surface area contributed by atoms with Crippen LogP contribution in [-0.4, -0.2) is 22.0 Å². The van der Waals surface area contributed by atoms with E-state index in [-0.39, 0.29) is 16.9 Å². The molecule has 0 saturated carbocycles. The molecule has 2 aromatic rings. The maximum atomic E-state index is 11.8. The number of hydrogen-bond donors (Lipinski definition) is 1. The minimum atomic E-state index is -0.617. The van der Waals surface area contributed by atoms with E-state index in [2.05, 4.69) is 15.5 Å². The summed E-state index contributed by atoms with van der Waals surface area (Å²) in [4.78, 5) is 25.9. The fourth-order valence-corrected chi connectivity index (χ4v) is 1.74. The van der Waals surface area contributed by atoms with Gasteiger partial charge in [0.15, 0.2) is 0 Å². The van der Waals surface area contributed by atoms with Gasteiger partial charge in [-0.05, 0) is 23.6 Å². The van der Waals surface area contributed by atoms with Crippen molar-refractivity contribution in [2.45, 2.75) is 13.3 Å². The van der Waals surface area contributed by atoms with Gasteiger partial charge >= 0.3 is 0 Å². The van der Waals surface area contributed by atoms with Crippen LogP contribution in [0, 0.1) is 10.1 Å². The molecule has 0 spiro atoms. The fourth-order valence-electron chi connectivity index (χ4n) is 1.74. The molecule has 1 aromatic heterocycles. The summed E-state index contributed by atoms with van der Waals surface area (Å²) in [5.74, 6) is -0.971. The molecule has 118 valence electrons. The number of carbonyl (C=O) groups excluding carboxylic acids is 1. The topological polar surface area (TPSA) is 121 Å². The van der Waals surface area contributed by atoms with Crippen molar-refractivity contribution in [3.63, 3.8) is 0 Å². The second-order valence-electron chi connectivity index (χ2n) is 4.58. The number of benzene rings is 1. The summed E-state index contributed by atoms with van der Waals surface area (Å²) in [7, 11) is 0. The minimum Gasteiger partial charge on any atom is -0.872 e. The van der Waals surface area contributed by atoms with Crippen molar-refractivity contribution in [3.8, 4) is 5.75 Å². The summed E-state index contributed by atoms with van der Waals surface area (Å²) in [6.07, 6.45) is 3.47. The summed E-state index contributed by atoms with van der Waals surface area (Å²) in [5, 5.41) is 25.9. The van der Waals surface area contributed by atoms with Crippen LogP contribution in [0.3, 0.4) is 0 Å². The third-order valence-corrected chi connectivity index (χ3v) is 3.04. The highest BCUT2D eigenvalue weighted by molar-refractivity contribution is 5.93. The molecule has 0 aliphatic carbocycles. The van der Waals surface area contributed by atoms with Crippen LogP contribution < -0.4 is 10.5 Å². The van der Waals surface area contributed by atoms with Crippen LogP contribution in [0.4, 0.5) is 5.69 Å². The lowest BCUT2D eigenvalue weighted by atomic mass is 10.2. The third-order valence-electron chi connectivity index (χ3n) is 3.04. The molecule has 0 aliphatic heterocycles. The van der Waals surface area contributed by atoms with Crippen molar-refractivity contribution in [2.75, 3.05) is 0 Å². The molecular weight excluding hydrogens is 300 g/mol. The summed E-state index contributed by atoms with van der Waals surface area (Å²) in [5.41, 5.74) is 3.18. The van der Waals surface area contributed by atoms with E-state index in [4.69, 9.17) is 0 Å². The summed E-state index contributed by atoms with van der Waals surface area (Å²) in [6.45, 7) is 1.97. The predicted molar refractivity (Wildman–Crippen MR) is 81.2 cm³/mol. The van der Waals surface area contributed by atoms with Crippen molar-refractivity contribution in [3.05, 3.63) is 63.5 Å². The van der Waals surface area contributed by atoms with Gasteiger partial charge in [0.1, 0.15) is 5.69 Å². The second-order valence-corrected chi connectivity index (χ2v) is 4.58. The molecule has 0 atom stereocenters. The van der Waals surface area contributed by atoms with Gasteiger partial charge in [-0.15, -0.1) is 0 Å². The number of nitrogens with one attached hydrogen (secondary N) is 1. The number of pyridine rings is 1. The van der Waals surface area contributed by atoms with Gasteiger partial charge in [0.25, 0.3) is 11.6 Å². The Kier molecular flexibility index (Phi) is 4.98. The number of aryl methyl sites for hydroxylation is 1. The molecule has 0 radical (unpaired) electrons. The van der Waals surface area contributed by atoms with Crippen LogP contribution in [0.15, 0.2) is 41.6 Å². The van der Waals surface area contributed by atoms with Crippen LogP contribution in [0.5, 0.6) is 5.75 Å². The Balaban J connectivity index is 2.07.